The topological polar surface area (TPSA) is 18.1 Å². The molecule has 5 aromatic carbocycles. The van der Waals surface area contributed by atoms with E-state index in [1.807, 2.05) is 12.1 Å². The Kier molecular flexibility index (Phi) is 3.58. The summed E-state index contributed by atoms with van der Waals surface area (Å²) in [5.41, 5.74) is 7.74. The van der Waals surface area contributed by atoms with Crippen LogP contribution < -0.4 is 0 Å². The summed E-state index contributed by atoms with van der Waals surface area (Å²) in [6.45, 7) is 0. The highest BCUT2D eigenvalue weighted by Gasteiger charge is 2.14. The van der Waals surface area contributed by atoms with E-state index < -0.39 is 0 Å². The molecule has 7 aromatic rings. The van der Waals surface area contributed by atoms with E-state index in [0.29, 0.717) is 0 Å². The molecule has 150 valence electrons. The van der Waals surface area contributed by atoms with Crippen LogP contribution in [0.3, 0.4) is 0 Å². The standard InChI is InChI=1S/C30H19NO/c1-4-13-27-23(8-1)24-9-2-5-14-28(24)31(27)21-18-16-20(17-19-21)22-11-7-12-26-25-10-3-6-15-29(25)32-30(22)26/h1-19H. The zero-order valence-corrected chi connectivity index (χ0v) is 17.3. The molecule has 32 heavy (non-hydrogen) atoms. The van der Waals surface area contributed by atoms with Gasteiger partial charge in [-0.1, -0.05) is 84.9 Å². The van der Waals surface area contributed by atoms with E-state index in [1.165, 1.54) is 21.8 Å². The van der Waals surface area contributed by atoms with Crippen LogP contribution in [0.1, 0.15) is 0 Å². The number of rotatable bonds is 2. The molecular formula is C30H19NO. The van der Waals surface area contributed by atoms with E-state index in [0.717, 1.165) is 38.8 Å². The van der Waals surface area contributed by atoms with Gasteiger partial charge in [0, 0.05) is 32.8 Å². The maximum atomic E-state index is 6.25. The first-order valence-electron chi connectivity index (χ1n) is 10.9. The summed E-state index contributed by atoms with van der Waals surface area (Å²) in [6, 6.07) is 40.6. The molecule has 0 N–H and O–H groups in total. The molecule has 0 amide bonds. The molecule has 0 aliphatic heterocycles. The van der Waals surface area contributed by atoms with Gasteiger partial charge in [-0.3, -0.25) is 0 Å². The number of furan rings is 1. The van der Waals surface area contributed by atoms with Gasteiger partial charge < -0.3 is 8.98 Å². The lowest BCUT2D eigenvalue weighted by molar-refractivity contribution is 0.670. The van der Waals surface area contributed by atoms with Crippen molar-refractivity contribution in [2.45, 2.75) is 0 Å². The van der Waals surface area contributed by atoms with Gasteiger partial charge in [-0.05, 0) is 35.9 Å². The summed E-state index contributed by atoms with van der Waals surface area (Å²) in [5.74, 6) is 0. The molecule has 2 heteroatoms. The van der Waals surface area contributed by atoms with Crippen molar-refractivity contribution >= 4 is 43.7 Å². The van der Waals surface area contributed by atoms with E-state index >= 15 is 0 Å². The summed E-state index contributed by atoms with van der Waals surface area (Å²) >= 11 is 0. The summed E-state index contributed by atoms with van der Waals surface area (Å²) in [7, 11) is 0. The fourth-order valence-electron chi connectivity index (χ4n) is 4.97. The molecule has 0 saturated carbocycles. The molecule has 7 rings (SSSR count). The number of hydrogen-bond donors (Lipinski definition) is 0. The largest absolute Gasteiger partial charge is 0.455 e. The van der Waals surface area contributed by atoms with Gasteiger partial charge in [-0.15, -0.1) is 0 Å². The fraction of sp³-hybridized carbons (Fsp3) is 0. The van der Waals surface area contributed by atoms with Crippen LogP contribution in [-0.2, 0) is 0 Å². The van der Waals surface area contributed by atoms with Gasteiger partial charge >= 0.3 is 0 Å². The molecule has 0 bridgehead atoms. The van der Waals surface area contributed by atoms with E-state index in [9.17, 15) is 0 Å². The van der Waals surface area contributed by atoms with E-state index in [1.54, 1.807) is 0 Å². The Hall–Kier alpha value is -4.30. The summed E-state index contributed by atoms with van der Waals surface area (Å²) in [5, 5.41) is 4.87. The van der Waals surface area contributed by atoms with E-state index in [4.69, 9.17) is 4.42 Å². The molecule has 0 fully saturated rings. The second kappa shape index (κ2) is 6.60. The average molecular weight is 409 g/mol. The van der Waals surface area contributed by atoms with Crippen LogP contribution in [0.4, 0.5) is 0 Å². The van der Waals surface area contributed by atoms with Gasteiger partial charge in [0.25, 0.3) is 0 Å². The number of nitrogens with zero attached hydrogens (tertiary/aromatic N) is 1. The van der Waals surface area contributed by atoms with Crippen molar-refractivity contribution in [2.75, 3.05) is 0 Å². The quantitative estimate of drug-likeness (QED) is 0.280. The Morgan fingerprint density at radius 1 is 0.469 bits per heavy atom. The number of aromatic nitrogens is 1. The Balaban J connectivity index is 1.42. The van der Waals surface area contributed by atoms with Gasteiger partial charge in [0.1, 0.15) is 11.2 Å². The monoisotopic (exact) mass is 409 g/mol. The molecule has 0 aliphatic carbocycles. The molecule has 2 aromatic heterocycles. The Morgan fingerprint density at radius 2 is 1.06 bits per heavy atom. The lowest BCUT2D eigenvalue weighted by Gasteiger charge is -2.09. The number of benzene rings is 5. The third kappa shape index (κ3) is 2.41. The van der Waals surface area contributed by atoms with Crippen molar-refractivity contribution < 1.29 is 4.42 Å². The third-order valence-corrected chi connectivity index (χ3v) is 6.42. The second-order valence-electron chi connectivity index (χ2n) is 8.20. The van der Waals surface area contributed by atoms with E-state index in [-0.39, 0.29) is 0 Å². The lowest BCUT2D eigenvalue weighted by atomic mass is 10.0. The van der Waals surface area contributed by atoms with Crippen molar-refractivity contribution in [3.63, 3.8) is 0 Å². The van der Waals surface area contributed by atoms with Crippen molar-refractivity contribution in [3.8, 4) is 16.8 Å². The Bertz CT molecular complexity index is 1710. The third-order valence-electron chi connectivity index (χ3n) is 6.42. The average Bonchev–Trinajstić information content (AvgIpc) is 3.40. The van der Waals surface area contributed by atoms with Crippen molar-refractivity contribution in [2.24, 2.45) is 0 Å². The fourth-order valence-corrected chi connectivity index (χ4v) is 4.97. The molecule has 0 unspecified atom stereocenters. The molecule has 0 saturated heterocycles. The number of hydrogen-bond acceptors (Lipinski definition) is 1. The van der Waals surface area contributed by atoms with Gasteiger partial charge in [0.2, 0.25) is 0 Å². The molecule has 0 aliphatic rings. The van der Waals surface area contributed by atoms with Crippen molar-refractivity contribution in [1.29, 1.82) is 0 Å². The number of fused-ring (bicyclic) bond motifs is 6. The van der Waals surface area contributed by atoms with Crippen LogP contribution in [-0.4, -0.2) is 4.57 Å². The summed E-state index contributed by atoms with van der Waals surface area (Å²) in [4.78, 5) is 0. The SMILES string of the molecule is c1ccc2c(c1)oc1c(-c3ccc(-n4c5ccccc5c5ccccc54)cc3)cccc12. The normalized spacial score (nSPS) is 11.8. The zero-order valence-electron chi connectivity index (χ0n) is 17.3. The van der Waals surface area contributed by atoms with Gasteiger partial charge in [0.15, 0.2) is 0 Å². The molecule has 0 radical (unpaired) electrons. The van der Waals surface area contributed by atoms with Crippen molar-refractivity contribution in [1.82, 2.24) is 4.57 Å². The van der Waals surface area contributed by atoms with Crippen molar-refractivity contribution in [3.05, 3.63) is 115 Å². The first-order valence-corrected chi connectivity index (χ1v) is 10.9. The van der Waals surface area contributed by atoms with Gasteiger partial charge in [-0.2, -0.15) is 0 Å². The van der Waals surface area contributed by atoms with E-state index in [2.05, 4.69) is 108 Å². The highest BCUT2D eigenvalue weighted by molar-refractivity contribution is 6.10. The summed E-state index contributed by atoms with van der Waals surface area (Å²) < 4.78 is 8.59. The molecule has 2 nitrogen and oxygen atoms in total. The van der Waals surface area contributed by atoms with Crippen LogP contribution in [0.2, 0.25) is 0 Å². The molecular weight excluding hydrogens is 390 g/mol. The molecule has 2 heterocycles. The Labute approximate surface area is 184 Å². The zero-order chi connectivity index (χ0) is 21.1. The summed E-state index contributed by atoms with van der Waals surface area (Å²) in [6.07, 6.45) is 0. The maximum absolute atomic E-state index is 6.25. The van der Waals surface area contributed by atoms with Gasteiger partial charge in [-0.25, -0.2) is 0 Å². The Morgan fingerprint density at radius 3 is 1.78 bits per heavy atom. The lowest BCUT2D eigenvalue weighted by Crippen LogP contribution is -1.93. The van der Waals surface area contributed by atoms with Crippen LogP contribution in [0.5, 0.6) is 0 Å². The van der Waals surface area contributed by atoms with Crippen LogP contribution in [0.15, 0.2) is 120 Å². The maximum Gasteiger partial charge on any atom is 0.143 e. The first kappa shape index (κ1) is 17.4. The van der Waals surface area contributed by atoms with Gasteiger partial charge in [0.05, 0.1) is 11.0 Å². The van der Waals surface area contributed by atoms with Crippen LogP contribution in [0.25, 0.3) is 60.6 Å². The second-order valence-corrected chi connectivity index (χ2v) is 8.20. The minimum absolute atomic E-state index is 0.928. The number of para-hydroxylation sites is 4. The first-order chi connectivity index (χ1) is 15.9. The van der Waals surface area contributed by atoms with Crippen LogP contribution in [0, 0.1) is 0 Å². The van der Waals surface area contributed by atoms with Crippen LogP contribution >= 0.6 is 0 Å². The minimum Gasteiger partial charge on any atom is -0.455 e. The smallest absolute Gasteiger partial charge is 0.143 e. The highest BCUT2D eigenvalue weighted by atomic mass is 16.3. The molecule has 0 spiro atoms. The minimum atomic E-state index is 0.928. The predicted octanol–water partition coefficient (Wildman–Crippen LogP) is 8.35. The highest BCUT2D eigenvalue weighted by Crippen LogP contribution is 2.37. The molecule has 0 atom stereocenters. The predicted molar refractivity (Wildman–Crippen MR) is 133 cm³/mol.